The maximum absolute atomic E-state index is 12.6. The SMILES string of the molecule is COc1ccc(-c2csc(NC(=O)c3ccc(-c4cc(Cl)ccc4Cl)o3)n2)cc1OC. The zero-order chi connectivity index (χ0) is 22.0. The first-order chi connectivity index (χ1) is 15.0. The van der Waals surface area contributed by atoms with Crippen LogP contribution in [-0.2, 0) is 0 Å². The molecule has 1 amide bonds. The summed E-state index contributed by atoms with van der Waals surface area (Å²) in [6, 6.07) is 13.8. The van der Waals surface area contributed by atoms with Crippen LogP contribution in [0.15, 0.2) is 58.3 Å². The van der Waals surface area contributed by atoms with Gasteiger partial charge in [0.2, 0.25) is 0 Å². The van der Waals surface area contributed by atoms with Crippen LogP contribution in [0.25, 0.3) is 22.6 Å². The second kappa shape index (κ2) is 9.01. The summed E-state index contributed by atoms with van der Waals surface area (Å²) < 4.78 is 16.3. The van der Waals surface area contributed by atoms with Crippen molar-refractivity contribution in [3.8, 4) is 34.1 Å². The number of benzene rings is 2. The van der Waals surface area contributed by atoms with Crippen molar-refractivity contribution in [2.45, 2.75) is 0 Å². The first-order valence-corrected chi connectivity index (χ1v) is 10.7. The zero-order valence-corrected chi connectivity index (χ0v) is 18.8. The average Bonchev–Trinajstić information content (AvgIpc) is 3.45. The number of amides is 1. The van der Waals surface area contributed by atoms with Crippen molar-refractivity contribution in [2.24, 2.45) is 0 Å². The molecule has 1 N–H and O–H groups in total. The Morgan fingerprint density at radius 3 is 2.61 bits per heavy atom. The van der Waals surface area contributed by atoms with Crippen LogP contribution in [0.4, 0.5) is 5.13 Å². The number of carbonyl (C=O) groups is 1. The van der Waals surface area contributed by atoms with Crippen molar-refractivity contribution in [3.63, 3.8) is 0 Å². The van der Waals surface area contributed by atoms with Gasteiger partial charge in [-0.2, -0.15) is 0 Å². The number of anilines is 1. The lowest BCUT2D eigenvalue weighted by atomic mass is 10.1. The van der Waals surface area contributed by atoms with Crippen LogP contribution in [0, 0.1) is 0 Å². The minimum Gasteiger partial charge on any atom is -0.493 e. The normalized spacial score (nSPS) is 10.7. The van der Waals surface area contributed by atoms with Crippen molar-refractivity contribution in [1.29, 1.82) is 0 Å². The van der Waals surface area contributed by atoms with Crippen LogP contribution in [-0.4, -0.2) is 25.1 Å². The van der Waals surface area contributed by atoms with E-state index in [4.69, 9.17) is 37.1 Å². The number of aromatic nitrogens is 1. The third-order valence-corrected chi connectivity index (χ3v) is 5.75. The molecule has 4 rings (SSSR count). The third kappa shape index (κ3) is 4.54. The molecule has 9 heteroatoms. The fourth-order valence-electron chi connectivity index (χ4n) is 2.91. The number of hydrogen-bond donors (Lipinski definition) is 1. The Morgan fingerprint density at radius 1 is 1.03 bits per heavy atom. The van der Waals surface area contributed by atoms with Gasteiger partial charge in [-0.15, -0.1) is 11.3 Å². The topological polar surface area (TPSA) is 73.6 Å². The number of halogens is 2. The number of methoxy groups -OCH3 is 2. The lowest BCUT2D eigenvalue weighted by Crippen LogP contribution is -2.10. The fraction of sp³-hybridized carbons (Fsp3) is 0.0909. The number of hydrogen-bond acceptors (Lipinski definition) is 6. The van der Waals surface area contributed by atoms with Gasteiger partial charge in [-0.1, -0.05) is 23.2 Å². The molecule has 0 radical (unpaired) electrons. The first-order valence-electron chi connectivity index (χ1n) is 9.03. The van der Waals surface area contributed by atoms with E-state index in [0.717, 1.165) is 5.56 Å². The molecule has 0 saturated carbocycles. The minimum atomic E-state index is -0.419. The quantitative estimate of drug-likeness (QED) is 0.338. The summed E-state index contributed by atoms with van der Waals surface area (Å²) in [6.45, 7) is 0. The molecule has 4 aromatic rings. The van der Waals surface area contributed by atoms with Crippen LogP contribution in [0.3, 0.4) is 0 Å². The van der Waals surface area contributed by atoms with Gasteiger partial charge in [-0.25, -0.2) is 4.98 Å². The molecule has 0 saturated heterocycles. The first kappa shape index (κ1) is 21.2. The van der Waals surface area contributed by atoms with Crippen LogP contribution < -0.4 is 14.8 Å². The number of thiazole rings is 1. The summed E-state index contributed by atoms with van der Waals surface area (Å²) in [4.78, 5) is 17.1. The Hall–Kier alpha value is -3.00. The summed E-state index contributed by atoms with van der Waals surface area (Å²) in [5.74, 6) is 1.39. The van der Waals surface area contributed by atoms with Crippen LogP contribution in [0.1, 0.15) is 10.6 Å². The van der Waals surface area contributed by atoms with Gasteiger partial charge >= 0.3 is 0 Å². The van der Waals surface area contributed by atoms with E-state index in [-0.39, 0.29) is 5.76 Å². The van der Waals surface area contributed by atoms with Gasteiger partial charge < -0.3 is 13.9 Å². The number of nitrogens with one attached hydrogen (secondary N) is 1. The highest BCUT2D eigenvalue weighted by atomic mass is 35.5. The zero-order valence-electron chi connectivity index (χ0n) is 16.4. The number of furan rings is 1. The Kier molecular flexibility index (Phi) is 6.18. The summed E-state index contributed by atoms with van der Waals surface area (Å²) in [5.41, 5.74) is 2.15. The highest BCUT2D eigenvalue weighted by Crippen LogP contribution is 2.34. The highest BCUT2D eigenvalue weighted by molar-refractivity contribution is 7.14. The summed E-state index contributed by atoms with van der Waals surface area (Å²) >= 11 is 13.5. The Morgan fingerprint density at radius 2 is 1.84 bits per heavy atom. The van der Waals surface area contributed by atoms with Crippen LogP contribution >= 0.6 is 34.5 Å². The van der Waals surface area contributed by atoms with E-state index < -0.39 is 5.91 Å². The molecule has 0 aliphatic heterocycles. The molecule has 0 unspecified atom stereocenters. The summed E-state index contributed by atoms with van der Waals surface area (Å²) in [5, 5.41) is 6.03. The van der Waals surface area contributed by atoms with E-state index in [1.54, 1.807) is 50.6 Å². The lowest BCUT2D eigenvalue weighted by Gasteiger charge is -2.08. The lowest BCUT2D eigenvalue weighted by molar-refractivity contribution is 0.0997. The maximum atomic E-state index is 12.6. The van der Waals surface area contributed by atoms with Gasteiger partial charge in [0.05, 0.1) is 24.9 Å². The Balaban J connectivity index is 1.51. The number of nitrogens with zero attached hydrogens (tertiary/aromatic N) is 1. The third-order valence-electron chi connectivity index (χ3n) is 4.43. The van der Waals surface area contributed by atoms with Crippen molar-refractivity contribution in [1.82, 2.24) is 4.98 Å². The largest absolute Gasteiger partial charge is 0.493 e. The molecule has 0 bridgehead atoms. The standard InChI is InChI=1S/C22H16Cl2N2O4S/c1-28-18-6-3-12(9-20(18)29-2)16-11-31-22(25-16)26-21(27)19-8-7-17(30-19)14-10-13(23)4-5-15(14)24/h3-11H,1-2H3,(H,25,26,27). The molecule has 158 valence electrons. The summed E-state index contributed by atoms with van der Waals surface area (Å²) in [6.07, 6.45) is 0. The van der Waals surface area contributed by atoms with Crippen molar-refractivity contribution in [2.75, 3.05) is 19.5 Å². The molecule has 0 aliphatic rings. The van der Waals surface area contributed by atoms with E-state index in [1.165, 1.54) is 11.3 Å². The molecule has 31 heavy (non-hydrogen) atoms. The van der Waals surface area contributed by atoms with Crippen molar-refractivity contribution >= 4 is 45.6 Å². The van der Waals surface area contributed by atoms with E-state index in [1.807, 2.05) is 17.5 Å². The maximum Gasteiger partial charge on any atom is 0.293 e. The van der Waals surface area contributed by atoms with E-state index in [9.17, 15) is 4.79 Å². The smallest absolute Gasteiger partial charge is 0.293 e. The number of carbonyl (C=O) groups excluding carboxylic acids is 1. The monoisotopic (exact) mass is 474 g/mol. The van der Waals surface area contributed by atoms with Gasteiger partial charge in [0, 0.05) is 21.5 Å². The number of ether oxygens (including phenoxy) is 2. The predicted molar refractivity (Wildman–Crippen MR) is 123 cm³/mol. The Bertz CT molecular complexity index is 1250. The molecule has 2 aromatic carbocycles. The highest BCUT2D eigenvalue weighted by Gasteiger charge is 2.16. The average molecular weight is 475 g/mol. The van der Waals surface area contributed by atoms with Gasteiger partial charge in [0.25, 0.3) is 5.91 Å². The summed E-state index contributed by atoms with van der Waals surface area (Å²) in [7, 11) is 3.15. The molecular weight excluding hydrogens is 459 g/mol. The molecular formula is C22H16Cl2N2O4S. The van der Waals surface area contributed by atoms with Gasteiger partial charge in [-0.05, 0) is 48.5 Å². The van der Waals surface area contributed by atoms with E-state index in [0.29, 0.717) is 43.7 Å². The van der Waals surface area contributed by atoms with Crippen molar-refractivity contribution in [3.05, 3.63) is 69.7 Å². The van der Waals surface area contributed by atoms with Crippen LogP contribution in [0.5, 0.6) is 11.5 Å². The second-order valence-electron chi connectivity index (χ2n) is 6.35. The van der Waals surface area contributed by atoms with Gasteiger partial charge in [0.1, 0.15) is 5.76 Å². The van der Waals surface area contributed by atoms with Gasteiger partial charge in [0.15, 0.2) is 22.4 Å². The molecule has 2 aromatic heterocycles. The molecule has 0 aliphatic carbocycles. The molecule has 0 fully saturated rings. The van der Waals surface area contributed by atoms with Gasteiger partial charge in [-0.3, -0.25) is 10.1 Å². The predicted octanol–water partition coefficient (Wildman–Crippen LogP) is 6.65. The number of rotatable bonds is 6. The fourth-order valence-corrected chi connectivity index (χ4v) is 4.01. The van der Waals surface area contributed by atoms with Crippen molar-refractivity contribution < 1.29 is 18.7 Å². The van der Waals surface area contributed by atoms with E-state index >= 15 is 0 Å². The minimum absolute atomic E-state index is 0.133. The molecule has 0 atom stereocenters. The molecule has 6 nitrogen and oxygen atoms in total. The second-order valence-corrected chi connectivity index (χ2v) is 8.05. The van der Waals surface area contributed by atoms with Crippen LogP contribution in [0.2, 0.25) is 10.0 Å². The molecule has 2 heterocycles. The molecule has 0 spiro atoms. The Labute approximate surface area is 192 Å². The van der Waals surface area contributed by atoms with E-state index in [2.05, 4.69) is 10.3 Å².